The van der Waals surface area contributed by atoms with Crippen LogP contribution in [-0.2, 0) is 4.79 Å². The highest BCUT2D eigenvalue weighted by Crippen LogP contribution is 2.20. The minimum Gasteiger partial charge on any atom is -0.368 e. The minimum atomic E-state index is -0.0152. The summed E-state index contributed by atoms with van der Waals surface area (Å²) in [5.74, 6) is 0.203. The van der Waals surface area contributed by atoms with Crippen molar-refractivity contribution in [3.63, 3.8) is 0 Å². The van der Waals surface area contributed by atoms with Gasteiger partial charge in [-0.05, 0) is 39.3 Å². The maximum Gasteiger partial charge on any atom is 0.236 e. The highest BCUT2D eigenvalue weighted by Gasteiger charge is 2.22. The second-order valence-electron chi connectivity index (χ2n) is 6.76. The van der Waals surface area contributed by atoms with Crippen molar-refractivity contribution in [2.24, 2.45) is 0 Å². The number of anilines is 1. The quantitative estimate of drug-likeness (QED) is 0.925. The second-order valence-corrected chi connectivity index (χ2v) is 6.76. The van der Waals surface area contributed by atoms with Crippen LogP contribution in [0.4, 0.5) is 5.69 Å². The van der Waals surface area contributed by atoms with Crippen molar-refractivity contribution in [1.29, 1.82) is 0 Å². The number of hydrogen-bond donors (Lipinski definition) is 1. The number of hydrogen-bond acceptors (Lipinski definition) is 3. The lowest BCUT2D eigenvalue weighted by molar-refractivity contribution is -0.130. The molecule has 1 amide bonds. The molecule has 1 N–H and O–H groups in total. The fourth-order valence-electron chi connectivity index (χ4n) is 2.57. The SMILES string of the molecule is Cc1ccccc1N1CCN(C(=O)CNC(C)(C)C)CC1. The lowest BCUT2D eigenvalue weighted by Gasteiger charge is -2.37. The summed E-state index contributed by atoms with van der Waals surface area (Å²) in [5.41, 5.74) is 2.57. The average Bonchev–Trinajstić information content (AvgIpc) is 2.45. The van der Waals surface area contributed by atoms with Crippen molar-refractivity contribution >= 4 is 11.6 Å². The number of piperazine rings is 1. The first-order chi connectivity index (χ1) is 9.87. The van der Waals surface area contributed by atoms with Gasteiger partial charge in [0.15, 0.2) is 0 Å². The Bertz CT molecular complexity index is 485. The Kier molecular flexibility index (Phi) is 4.88. The summed E-state index contributed by atoms with van der Waals surface area (Å²) in [6.07, 6.45) is 0. The first-order valence-electron chi connectivity index (χ1n) is 7.70. The van der Waals surface area contributed by atoms with Crippen LogP contribution in [0.15, 0.2) is 24.3 Å². The average molecular weight is 289 g/mol. The Morgan fingerprint density at radius 3 is 2.33 bits per heavy atom. The zero-order valence-corrected chi connectivity index (χ0v) is 13.6. The Hall–Kier alpha value is -1.55. The van der Waals surface area contributed by atoms with Gasteiger partial charge in [0.25, 0.3) is 0 Å². The minimum absolute atomic E-state index is 0.0152. The number of benzene rings is 1. The largest absolute Gasteiger partial charge is 0.368 e. The number of rotatable bonds is 3. The summed E-state index contributed by atoms with van der Waals surface area (Å²) in [4.78, 5) is 16.5. The van der Waals surface area contributed by atoms with E-state index in [4.69, 9.17) is 0 Å². The standard InChI is InChI=1S/C17H27N3O/c1-14-7-5-6-8-15(14)19-9-11-20(12-10-19)16(21)13-18-17(2,3)4/h5-8,18H,9-13H2,1-4H3. The Labute approximate surface area is 128 Å². The van der Waals surface area contributed by atoms with E-state index in [2.05, 4.69) is 62.2 Å². The zero-order valence-electron chi connectivity index (χ0n) is 13.6. The van der Waals surface area contributed by atoms with Gasteiger partial charge in [0.05, 0.1) is 6.54 Å². The van der Waals surface area contributed by atoms with Crippen molar-refractivity contribution < 1.29 is 4.79 Å². The number of nitrogens with zero attached hydrogens (tertiary/aromatic N) is 2. The molecule has 1 aromatic carbocycles. The molecular formula is C17H27N3O. The molecule has 1 aromatic rings. The van der Waals surface area contributed by atoms with Crippen LogP contribution in [0.2, 0.25) is 0 Å². The lowest BCUT2D eigenvalue weighted by atomic mass is 10.1. The molecule has 0 aliphatic carbocycles. The number of amides is 1. The van der Waals surface area contributed by atoms with Crippen LogP contribution in [0, 0.1) is 6.92 Å². The van der Waals surface area contributed by atoms with Crippen LogP contribution >= 0.6 is 0 Å². The topological polar surface area (TPSA) is 35.6 Å². The molecule has 2 rings (SSSR count). The molecule has 1 aliphatic rings. The molecule has 0 bridgehead atoms. The molecule has 1 fully saturated rings. The fourth-order valence-corrected chi connectivity index (χ4v) is 2.57. The van der Waals surface area contributed by atoms with Gasteiger partial charge in [0.2, 0.25) is 5.91 Å². The molecule has 1 aliphatic heterocycles. The molecule has 21 heavy (non-hydrogen) atoms. The molecule has 1 saturated heterocycles. The third-order valence-corrected chi connectivity index (χ3v) is 3.86. The molecule has 0 unspecified atom stereocenters. The Morgan fingerprint density at radius 2 is 1.76 bits per heavy atom. The molecule has 4 heteroatoms. The first-order valence-corrected chi connectivity index (χ1v) is 7.70. The predicted molar refractivity (Wildman–Crippen MR) is 87.7 cm³/mol. The van der Waals surface area contributed by atoms with Crippen LogP contribution in [0.3, 0.4) is 0 Å². The van der Waals surface area contributed by atoms with E-state index in [1.54, 1.807) is 0 Å². The van der Waals surface area contributed by atoms with Crippen LogP contribution in [-0.4, -0.2) is 49.1 Å². The van der Waals surface area contributed by atoms with Crippen LogP contribution in [0.1, 0.15) is 26.3 Å². The fraction of sp³-hybridized carbons (Fsp3) is 0.588. The van der Waals surface area contributed by atoms with Crippen molar-refractivity contribution in [3.8, 4) is 0 Å². The van der Waals surface area contributed by atoms with Gasteiger partial charge in [-0.25, -0.2) is 0 Å². The number of carbonyl (C=O) groups excluding carboxylic acids is 1. The Morgan fingerprint density at radius 1 is 1.14 bits per heavy atom. The van der Waals surface area contributed by atoms with E-state index < -0.39 is 0 Å². The van der Waals surface area contributed by atoms with Crippen LogP contribution in [0.25, 0.3) is 0 Å². The van der Waals surface area contributed by atoms with Crippen LogP contribution in [0.5, 0.6) is 0 Å². The third-order valence-electron chi connectivity index (χ3n) is 3.86. The van der Waals surface area contributed by atoms with E-state index in [1.165, 1.54) is 11.3 Å². The van der Waals surface area contributed by atoms with Crippen molar-refractivity contribution in [1.82, 2.24) is 10.2 Å². The lowest BCUT2D eigenvalue weighted by Crippen LogP contribution is -2.52. The molecule has 0 spiro atoms. The van der Waals surface area contributed by atoms with Crippen molar-refractivity contribution in [2.75, 3.05) is 37.6 Å². The normalized spacial score (nSPS) is 16.2. The molecule has 0 atom stereocenters. The van der Waals surface area contributed by atoms with Gasteiger partial charge in [-0.2, -0.15) is 0 Å². The highest BCUT2D eigenvalue weighted by molar-refractivity contribution is 5.78. The molecular weight excluding hydrogens is 262 g/mol. The number of aryl methyl sites for hydroxylation is 1. The maximum absolute atomic E-state index is 12.2. The third kappa shape index (κ3) is 4.46. The van der Waals surface area contributed by atoms with Gasteiger partial charge < -0.3 is 15.1 Å². The van der Waals surface area contributed by atoms with E-state index in [9.17, 15) is 4.79 Å². The molecule has 4 nitrogen and oxygen atoms in total. The van der Waals surface area contributed by atoms with Crippen LogP contribution < -0.4 is 10.2 Å². The van der Waals surface area contributed by atoms with Gasteiger partial charge in [0.1, 0.15) is 0 Å². The number of nitrogens with one attached hydrogen (secondary N) is 1. The summed E-state index contributed by atoms with van der Waals surface area (Å²) in [6.45, 7) is 12.2. The van der Waals surface area contributed by atoms with Gasteiger partial charge in [0, 0.05) is 37.4 Å². The number of carbonyl (C=O) groups is 1. The van der Waals surface area contributed by atoms with Gasteiger partial charge >= 0.3 is 0 Å². The summed E-state index contributed by atoms with van der Waals surface area (Å²) < 4.78 is 0. The summed E-state index contributed by atoms with van der Waals surface area (Å²) >= 11 is 0. The maximum atomic E-state index is 12.2. The molecule has 116 valence electrons. The van der Waals surface area contributed by atoms with E-state index in [0.29, 0.717) is 6.54 Å². The summed E-state index contributed by atoms with van der Waals surface area (Å²) in [5, 5.41) is 3.27. The first kappa shape index (κ1) is 15.8. The monoisotopic (exact) mass is 289 g/mol. The van der Waals surface area contributed by atoms with Gasteiger partial charge in [-0.1, -0.05) is 18.2 Å². The summed E-state index contributed by atoms with van der Waals surface area (Å²) in [7, 11) is 0. The highest BCUT2D eigenvalue weighted by atomic mass is 16.2. The smallest absolute Gasteiger partial charge is 0.236 e. The van der Waals surface area contributed by atoms with Crippen molar-refractivity contribution in [2.45, 2.75) is 33.2 Å². The predicted octanol–water partition coefficient (Wildman–Crippen LogP) is 2.03. The second kappa shape index (κ2) is 6.48. The molecule has 0 aromatic heterocycles. The van der Waals surface area contributed by atoms with Gasteiger partial charge in [-0.15, -0.1) is 0 Å². The Balaban J connectivity index is 1.86. The van der Waals surface area contributed by atoms with E-state index in [1.807, 2.05) is 4.90 Å². The molecule has 1 heterocycles. The van der Waals surface area contributed by atoms with Crippen molar-refractivity contribution in [3.05, 3.63) is 29.8 Å². The molecule has 0 radical (unpaired) electrons. The van der Waals surface area contributed by atoms with E-state index >= 15 is 0 Å². The van der Waals surface area contributed by atoms with Gasteiger partial charge in [-0.3, -0.25) is 4.79 Å². The molecule has 0 saturated carbocycles. The number of para-hydroxylation sites is 1. The zero-order chi connectivity index (χ0) is 15.5. The van der Waals surface area contributed by atoms with E-state index in [-0.39, 0.29) is 11.4 Å². The summed E-state index contributed by atoms with van der Waals surface area (Å²) in [6, 6.07) is 8.44. The van der Waals surface area contributed by atoms with E-state index in [0.717, 1.165) is 26.2 Å².